The average molecular weight is 211 g/mol. The zero-order chi connectivity index (χ0) is 11.8. The van der Waals surface area contributed by atoms with Gasteiger partial charge in [0.1, 0.15) is 0 Å². The van der Waals surface area contributed by atoms with Crippen molar-refractivity contribution in [1.82, 2.24) is 0 Å². The largest absolute Gasteiger partial charge is 0.330 e. The van der Waals surface area contributed by atoms with Crippen LogP contribution in [0.4, 0.5) is 0 Å². The SMILES string of the molecule is CCC/C(C(=O)CC)=C(/CC)C(C)CN. The van der Waals surface area contributed by atoms with Crippen LogP contribution in [0.1, 0.15) is 53.4 Å². The molecule has 0 saturated heterocycles. The summed E-state index contributed by atoms with van der Waals surface area (Å²) in [6, 6.07) is 0. The lowest BCUT2D eigenvalue weighted by Gasteiger charge is -2.17. The molecule has 0 aliphatic carbocycles. The molecule has 0 aromatic carbocycles. The van der Waals surface area contributed by atoms with E-state index < -0.39 is 0 Å². The minimum atomic E-state index is 0.300. The summed E-state index contributed by atoms with van der Waals surface area (Å²) in [4.78, 5) is 11.8. The van der Waals surface area contributed by atoms with Crippen LogP contribution in [-0.2, 0) is 4.79 Å². The van der Waals surface area contributed by atoms with Crippen molar-refractivity contribution < 1.29 is 4.79 Å². The highest BCUT2D eigenvalue weighted by molar-refractivity contribution is 5.95. The van der Waals surface area contributed by atoms with E-state index in [0.29, 0.717) is 24.7 Å². The molecule has 0 radical (unpaired) electrons. The molecule has 0 aliphatic rings. The summed E-state index contributed by atoms with van der Waals surface area (Å²) < 4.78 is 0. The van der Waals surface area contributed by atoms with Crippen LogP contribution in [0.5, 0.6) is 0 Å². The maximum Gasteiger partial charge on any atom is 0.158 e. The van der Waals surface area contributed by atoms with Gasteiger partial charge < -0.3 is 5.73 Å². The molecule has 88 valence electrons. The smallest absolute Gasteiger partial charge is 0.158 e. The summed E-state index contributed by atoms with van der Waals surface area (Å²) in [7, 11) is 0. The summed E-state index contributed by atoms with van der Waals surface area (Å²) >= 11 is 0. The van der Waals surface area contributed by atoms with Crippen LogP contribution in [0.25, 0.3) is 0 Å². The Hall–Kier alpha value is -0.630. The zero-order valence-electron chi connectivity index (χ0n) is 10.6. The van der Waals surface area contributed by atoms with E-state index in [-0.39, 0.29) is 0 Å². The molecule has 0 amide bonds. The molecule has 0 aliphatic heterocycles. The highest BCUT2D eigenvalue weighted by Crippen LogP contribution is 2.23. The molecule has 2 N–H and O–H groups in total. The Morgan fingerprint density at radius 3 is 2.13 bits per heavy atom. The van der Waals surface area contributed by atoms with Crippen LogP contribution in [0.3, 0.4) is 0 Å². The fraction of sp³-hybridized carbons (Fsp3) is 0.769. The molecular formula is C13H25NO. The second-order valence-electron chi connectivity index (χ2n) is 4.02. The van der Waals surface area contributed by atoms with E-state index in [1.807, 2.05) is 6.92 Å². The lowest BCUT2D eigenvalue weighted by Crippen LogP contribution is -2.17. The molecule has 0 bridgehead atoms. The Kier molecular flexibility index (Phi) is 7.31. The van der Waals surface area contributed by atoms with Gasteiger partial charge >= 0.3 is 0 Å². The molecule has 0 aromatic heterocycles. The molecule has 0 fully saturated rings. The standard InChI is InChI=1S/C13H25NO/c1-5-8-12(13(15)7-3)11(6-2)10(4)9-14/h10H,5-9,14H2,1-4H3/b12-11+. The van der Waals surface area contributed by atoms with Gasteiger partial charge in [0.05, 0.1) is 0 Å². The second-order valence-corrected chi connectivity index (χ2v) is 4.02. The summed E-state index contributed by atoms with van der Waals surface area (Å²) in [6.45, 7) is 8.90. The van der Waals surface area contributed by atoms with Crippen molar-refractivity contribution in [2.45, 2.75) is 53.4 Å². The third-order valence-electron chi connectivity index (χ3n) is 2.87. The van der Waals surface area contributed by atoms with Crippen LogP contribution >= 0.6 is 0 Å². The number of hydrogen-bond acceptors (Lipinski definition) is 2. The van der Waals surface area contributed by atoms with Gasteiger partial charge in [0, 0.05) is 6.42 Å². The van der Waals surface area contributed by atoms with Gasteiger partial charge in [0.25, 0.3) is 0 Å². The van der Waals surface area contributed by atoms with Crippen LogP contribution < -0.4 is 5.73 Å². The van der Waals surface area contributed by atoms with Gasteiger partial charge in [-0.05, 0) is 30.9 Å². The summed E-state index contributed by atoms with van der Waals surface area (Å²) in [5.74, 6) is 0.640. The molecule has 0 spiro atoms. The molecule has 0 heterocycles. The van der Waals surface area contributed by atoms with Crippen LogP contribution in [0, 0.1) is 5.92 Å². The van der Waals surface area contributed by atoms with Gasteiger partial charge in [0.2, 0.25) is 0 Å². The van der Waals surface area contributed by atoms with Crippen molar-refractivity contribution in [1.29, 1.82) is 0 Å². The first-order chi connectivity index (χ1) is 7.12. The lowest BCUT2D eigenvalue weighted by atomic mass is 9.88. The van der Waals surface area contributed by atoms with E-state index in [0.717, 1.165) is 24.8 Å². The molecule has 0 saturated carbocycles. The molecule has 15 heavy (non-hydrogen) atoms. The number of carbonyl (C=O) groups excluding carboxylic acids is 1. The summed E-state index contributed by atoms with van der Waals surface area (Å²) in [6.07, 6.45) is 3.48. The Labute approximate surface area is 93.9 Å². The third-order valence-corrected chi connectivity index (χ3v) is 2.87. The Morgan fingerprint density at radius 2 is 1.80 bits per heavy atom. The monoisotopic (exact) mass is 211 g/mol. The van der Waals surface area contributed by atoms with Gasteiger partial charge in [0.15, 0.2) is 5.78 Å². The predicted octanol–water partition coefficient (Wildman–Crippen LogP) is 3.07. The normalized spacial score (nSPS) is 14.7. The number of hydrogen-bond donors (Lipinski definition) is 1. The van der Waals surface area contributed by atoms with Crippen molar-refractivity contribution in [3.05, 3.63) is 11.1 Å². The van der Waals surface area contributed by atoms with E-state index >= 15 is 0 Å². The van der Waals surface area contributed by atoms with Gasteiger partial charge in [-0.15, -0.1) is 0 Å². The molecular weight excluding hydrogens is 186 g/mol. The Morgan fingerprint density at radius 1 is 1.20 bits per heavy atom. The number of allylic oxidation sites excluding steroid dienone is 1. The van der Waals surface area contributed by atoms with Gasteiger partial charge in [-0.3, -0.25) is 4.79 Å². The number of nitrogens with two attached hydrogens (primary N) is 1. The maximum atomic E-state index is 11.8. The van der Waals surface area contributed by atoms with Crippen LogP contribution in [0.15, 0.2) is 11.1 Å². The van der Waals surface area contributed by atoms with E-state index in [9.17, 15) is 4.79 Å². The van der Waals surface area contributed by atoms with Crippen molar-refractivity contribution >= 4 is 5.78 Å². The lowest BCUT2D eigenvalue weighted by molar-refractivity contribution is -0.115. The minimum absolute atomic E-state index is 0.300. The van der Waals surface area contributed by atoms with Gasteiger partial charge in [-0.1, -0.05) is 39.7 Å². The van der Waals surface area contributed by atoms with Crippen molar-refractivity contribution in [2.24, 2.45) is 11.7 Å². The topological polar surface area (TPSA) is 43.1 Å². The van der Waals surface area contributed by atoms with Crippen molar-refractivity contribution in [3.63, 3.8) is 0 Å². The van der Waals surface area contributed by atoms with Gasteiger partial charge in [-0.2, -0.15) is 0 Å². The molecule has 1 atom stereocenters. The number of rotatable bonds is 7. The Balaban J connectivity index is 5.07. The van der Waals surface area contributed by atoms with E-state index in [2.05, 4.69) is 20.8 Å². The predicted molar refractivity (Wildman–Crippen MR) is 65.7 cm³/mol. The fourth-order valence-electron chi connectivity index (χ4n) is 1.94. The van der Waals surface area contributed by atoms with E-state index in [1.165, 1.54) is 5.57 Å². The average Bonchev–Trinajstić information content (AvgIpc) is 2.27. The zero-order valence-corrected chi connectivity index (χ0v) is 10.6. The van der Waals surface area contributed by atoms with Gasteiger partial charge in [-0.25, -0.2) is 0 Å². The fourth-order valence-corrected chi connectivity index (χ4v) is 1.94. The highest BCUT2D eigenvalue weighted by Gasteiger charge is 2.15. The summed E-state index contributed by atoms with van der Waals surface area (Å²) in [5.41, 5.74) is 7.99. The molecule has 1 unspecified atom stereocenters. The van der Waals surface area contributed by atoms with Crippen molar-refractivity contribution in [3.8, 4) is 0 Å². The number of carbonyl (C=O) groups is 1. The molecule has 0 rings (SSSR count). The minimum Gasteiger partial charge on any atom is -0.330 e. The molecule has 2 nitrogen and oxygen atoms in total. The molecule has 0 aromatic rings. The van der Waals surface area contributed by atoms with E-state index in [1.54, 1.807) is 0 Å². The first-order valence-electron chi connectivity index (χ1n) is 6.07. The van der Waals surface area contributed by atoms with Crippen LogP contribution in [-0.4, -0.2) is 12.3 Å². The molecule has 2 heteroatoms. The summed E-state index contributed by atoms with van der Waals surface area (Å²) in [5, 5.41) is 0. The number of Topliss-reactive ketones (excluding diaryl/α,β-unsaturated/α-hetero) is 1. The van der Waals surface area contributed by atoms with E-state index in [4.69, 9.17) is 5.73 Å². The quantitative estimate of drug-likeness (QED) is 0.658. The van der Waals surface area contributed by atoms with Crippen LogP contribution in [0.2, 0.25) is 0 Å². The first kappa shape index (κ1) is 14.4. The maximum absolute atomic E-state index is 11.8. The third kappa shape index (κ3) is 4.17. The van der Waals surface area contributed by atoms with Crippen molar-refractivity contribution in [2.75, 3.05) is 6.54 Å². The first-order valence-corrected chi connectivity index (χ1v) is 6.07. The highest BCUT2D eigenvalue weighted by atomic mass is 16.1. The Bertz CT molecular complexity index is 231. The number of ketones is 1. The second kappa shape index (κ2) is 7.63.